The third kappa shape index (κ3) is 2.56. The van der Waals surface area contributed by atoms with Crippen molar-refractivity contribution in [3.8, 4) is 0 Å². The highest BCUT2D eigenvalue weighted by atomic mass is 15.1. The predicted octanol–water partition coefficient (Wildman–Crippen LogP) is 2.26. The molecule has 0 bridgehead atoms. The Kier molecular flexibility index (Phi) is 3.59. The number of hydrogen-bond acceptors (Lipinski definition) is 2. The second kappa shape index (κ2) is 5.15. The zero-order valence-electron chi connectivity index (χ0n) is 10.5. The van der Waals surface area contributed by atoms with E-state index in [1.807, 2.05) is 13.1 Å². The summed E-state index contributed by atoms with van der Waals surface area (Å²) >= 11 is 0. The van der Waals surface area contributed by atoms with Crippen LogP contribution in [0.1, 0.15) is 29.6 Å². The normalized spacial score (nSPS) is 10.8. The van der Waals surface area contributed by atoms with E-state index in [1.165, 1.54) is 11.1 Å². The van der Waals surface area contributed by atoms with E-state index in [9.17, 15) is 0 Å². The first-order chi connectivity index (χ1) is 8.24. The lowest BCUT2D eigenvalue weighted by atomic mass is 10.1. The molecule has 0 unspecified atom stereocenters. The lowest BCUT2D eigenvalue weighted by Gasteiger charge is -2.09. The molecule has 0 saturated carbocycles. The average molecular weight is 229 g/mol. The van der Waals surface area contributed by atoms with Crippen molar-refractivity contribution < 1.29 is 0 Å². The molecular formula is C14H19N3. The molecule has 3 nitrogen and oxygen atoms in total. The van der Waals surface area contributed by atoms with Crippen molar-refractivity contribution in [2.75, 3.05) is 0 Å². The number of nitrogens with zero attached hydrogens (tertiary/aromatic N) is 2. The molecule has 0 aliphatic rings. The number of aryl methyl sites for hydroxylation is 2. The van der Waals surface area contributed by atoms with Gasteiger partial charge in [-0.2, -0.15) is 0 Å². The molecular weight excluding hydrogens is 210 g/mol. The number of hydrogen-bond donors (Lipinski definition) is 1. The smallest absolute Gasteiger partial charge is 0.106 e. The summed E-state index contributed by atoms with van der Waals surface area (Å²) in [6.45, 7) is 5.57. The Balaban J connectivity index is 2.21. The first kappa shape index (κ1) is 11.9. The molecule has 0 aliphatic heterocycles. The maximum atomic E-state index is 5.70. The van der Waals surface area contributed by atoms with Crippen molar-refractivity contribution in [1.29, 1.82) is 0 Å². The first-order valence-electron chi connectivity index (χ1n) is 6.03. The maximum Gasteiger partial charge on any atom is 0.106 e. The molecule has 2 N–H and O–H groups in total. The van der Waals surface area contributed by atoms with Crippen LogP contribution in [0, 0.1) is 6.92 Å². The van der Waals surface area contributed by atoms with Gasteiger partial charge in [0.05, 0.1) is 5.69 Å². The van der Waals surface area contributed by atoms with E-state index in [2.05, 4.69) is 40.7 Å². The summed E-state index contributed by atoms with van der Waals surface area (Å²) in [6.07, 6.45) is 2.94. The van der Waals surface area contributed by atoms with E-state index in [0.29, 0.717) is 6.54 Å². The molecule has 1 heterocycles. The third-order valence-electron chi connectivity index (χ3n) is 3.12. The molecule has 1 aromatic heterocycles. The molecule has 17 heavy (non-hydrogen) atoms. The molecule has 0 aliphatic carbocycles. The van der Waals surface area contributed by atoms with Gasteiger partial charge >= 0.3 is 0 Å². The van der Waals surface area contributed by atoms with Crippen molar-refractivity contribution in [3.05, 3.63) is 53.1 Å². The molecule has 3 heteroatoms. The Labute approximate surface area is 102 Å². The molecule has 0 atom stereocenters. The fourth-order valence-electron chi connectivity index (χ4n) is 1.96. The van der Waals surface area contributed by atoms with Crippen LogP contribution in [0.25, 0.3) is 0 Å². The van der Waals surface area contributed by atoms with Gasteiger partial charge in [-0.05, 0) is 24.5 Å². The van der Waals surface area contributed by atoms with Crippen LogP contribution in [0.3, 0.4) is 0 Å². The second-order valence-electron chi connectivity index (χ2n) is 4.26. The van der Waals surface area contributed by atoms with E-state index in [1.54, 1.807) is 0 Å². The van der Waals surface area contributed by atoms with Crippen LogP contribution in [0.5, 0.6) is 0 Å². The fourth-order valence-corrected chi connectivity index (χ4v) is 1.96. The van der Waals surface area contributed by atoms with E-state index in [0.717, 1.165) is 24.5 Å². The summed E-state index contributed by atoms with van der Waals surface area (Å²) in [4.78, 5) is 4.30. The molecule has 0 radical (unpaired) electrons. The van der Waals surface area contributed by atoms with Gasteiger partial charge in [0.1, 0.15) is 5.82 Å². The standard InChI is InChI=1S/C14H19N3/c1-3-12-4-6-13(7-5-12)10-17-11(2)16-9-14(17)8-15/h4-7,9H,3,8,10,15H2,1-2H3. The summed E-state index contributed by atoms with van der Waals surface area (Å²) < 4.78 is 2.17. The van der Waals surface area contributed by atoms with E-state index in [-0.39, 0.29) is 0 Å². The van der Waals surface area contributed by atoms with Crippen LogP contribution >= 0.6 is 0 Å². The SMILES string of the molecule is CCc1ccc(Cn2c(CN)cnc2C)cc1. The Bertz CT molecular complexity index is 483. The van der Waals surface area contributed by atoms with E-state index >= 15 is 0 Å². The van der Waals surface area contributed by atoms with Crippen LogP contribution in [0.2, 0.25) is 0 Å². The number of aromatic nitrogens is 2. The largest absolute Gasteiger partial charge is 0.327 e. The van der Waals surface area contributed by atoms with Crippen LogP contribution in [0.15, 0.2) is 30.5 Å². The Morgan fingerprint density at radius 2 is 1.82 bits per heavy atom. The lowest BCUT2D eigenvalue weighted by Crippen LogP contribution is -2.09. The van der Waals surface area contributed by atoms with Gasteiger partial charge in [0.15, 0.2) is 0 Å². The fraction of sp³-hybridized carbons (Fsp3) is 0.357. The Morgan fingerprint density at radius 1 is 1.18 bits per heavy atom. The lowest BCUT2D eigenvalue weighted by molar-refractivity contribution is 0.713. The van der Waals surface area contributed by atoms with Crippen molar-refractivity contribution in [3.63, 3.8) is 0 Å². The van der Waals surface area contributed by atoms with Gasteiger partial charge in [-0.15, -0.1) is 0 Å². The van der Waals surface area contributed by atoms with Gasteiger partial charge in [0.2, 0.25) is 0 Å². The van der Waals surface area contributed by atoms with Crippen LogP contribution in [0.4, 0.5) is 0 Å². The third-order valence-corrected chi connectivity index (χ3v) is 3.12. The summed E-state index contributed by atoms with van der Waals surface area (Å²) in [5, 5.41) is 0. The quantitative estimate of drug-likeness (QED) is 0.874. The van der Waals surface area contributed by atoms with E-state index in [4.69, 9.17) is 5.73 Å². The molecule has 90 valence electrons. The monoisotopic (exact) mass is 229 g/mol. The zero-order valence-corrected chi connectivity index (χ0v) is 10.5. The zero-order chi connectivity index (χ0) is 12.3. The van der Waals surface area contributed by atoms with Gasteiger partial charge in [-0.25, -0.2) is 4.98 Å². The number of benzene rings is 1. The molecule has 0 fully saturated rings. The van der Waals surface area contributed by atoms with Gasteiger partial charge < -0.3 is 10.3 Å². The second-order valence-corrected chi connectivity index (χ2v) is 4.26. The summed E-state index contributed by atoms with van der Waals surface area (Å²) in [7, 11) is 0. The highest BCUT2D eigenvalue weighted by molar-refractivity contribution is 5.23. The topological polar surface area (TPSA) is 43.8 Å². The van der Waals surface area contributed by atoms with Crippen LogP contribution in [-0.4, -0.2) is 9.55 Å². The van der Waals surface area contributed by atoms with Crippen molar-refractivity contribution in [2.24, 2.45) is 5.73 Å². The van der Waals surface area contributed by atoms with Crippen molar-refractivity contribution >= 4 is 0 Å². The Hall–Kier alpha value is -1.61. The van der Waals surface area contributed by atoms with Gasteiger partial charge in [-0.1, -0.05) is 31.2 Å². The molecule has 2 rings (SSSR count). The minimum absolute atomic E-state index is 0.536. The number of rotatable bonds is 4. The van der Waals surface area contributed by atoms with E-state index < -0.39 is 0 Å². The molecule has 2 aromatic rings. The minimum Gasteiger partial charge on any atom is -0.327 e. The molecule has 1 aromatic carbocycles. The maximum absolute atomic E-state index is 5.70. The predicted molar refractivity (Wildman–Crippen MR) is 69.8 cm³/mol. The van der Waals surface area contributed by atoms with Crippen LogP contribution in [-0.2, 0) is 19.5 Å². The van der Waals surface area contributed by atoms with Gasteiger partial charge in [-0.3, -0.25) is 0 Å². The average Bonchev–Trinajstić information content (AvgIpc) is 2.71. The molecule has 0 amide bonds. The van der Waals surface area contributed by atoms with Crippen molar-refractivity contribution in [1.82, 2.24) is 9.55 Å². The first-order valence-corrected chi connectivity index (χ1v) is 6.03. The van der Waals surface area contributed by atoms with Gasteiger partial charge in [0, 0.05) is 19.3 Å². The molecule has 0 spiro atoms. The number of nitrogens with two attached hydrogens (primary N) is 1. The highest BCUT2D eigenvalue weighted by Gasteiger charge is 2.05. The number of imidazole rings is 1. The summed E-state index contributed by atoms with van der Waals surface area (Å²) in [5.41, 5.74) is 9.45. The summed E-state index contributed by atoms with van der Waals surface area (Å²) in [5.74, 6) is 1.02. The Morgan fingerprint density at radius 3 is 2.41 bits per heavy atom. The highest BCUT2D eigenvalue weighted by Crippen LogP contribution is 2.11. The van der Waals surface area contributed by atoms with Crippen molar-refractivity contribution in [2.45, 2.75) is 33.4 Å². The molecule has 0 saturated heterocycles. The van der Waals surface area contributed by atoms with Gasteiger partial charge in [0.25, 0.3) is 0 Å². The minimum atomic E-state index is 0.536. The summed E-state index contributed by atoms with van der Waals surface area (Å²) in [6, 6.07) is 8.73. The van der Waals surface area contributed by atoms with Crippen LogP contribution < -0.4 is 5.73 Å².